The standard InChI is InChI=1S/C27H27FN8O/c1-16-26(37)36(20-9-5-6-17(10-20)13-29)24-15-30-27(33-25(24)35(16)19-7-3-2-4-8-19)32-23-11-18-14-31-34-22(18)12-21(23)28/h5-6,9-12,14-16,19,25H,2-4,7-8H2,1H3,(H,31,34)(H2,30,32,33)/t16-,25?/m1/s1. The Bertz CT molecular complexity index is 1460. The van der Waals surface area contributed by atoms with Crippen molar-refractivity contribution in [3.63, 3.8) is 0 Å². The molecule has 0 bridgehead atoms. The first-order valence-electron chi connectivity index (χ1n) is 12.6. The number of benzene rings is 2. The van der Waals surface area contributed by atoms with Crippen LogP contribution in [0.25, 0.3) is 10.9 Å². The lowest BCUT2D eigenvalue weighted by molar-refractivity contribution is -0.127. The molecule has 2 aromatic carbocycles. The van der Waals surface area contributed by atoms with Gasteiger partial charge in [-0.3, -0.25) is 19.7 Å². The number of carbonyl (C=O) groups excluding carboxylic acids is 1. The molecule has 0 radical (unpaired) electrons. The fourth-order valence-corrected chi connectivity index (χ4v) is 5.64. The molecule has 3 heterocycles. The zero-order valence-corrected chi connectivity index (χ0v) is 20.4. The van der Waals surface area contributed by atoms with Gasteiger partial charge in [-0.05, 0) is 44.0 Å². The van der Waals surface area contributed by atoms with Crippen LogP contribution in [-0.2, 0) is 4.79 Å². The molecular formula is C27H27FN8O. The number of hydrogen-bond donors (Lipinski definition) is 3. The molecule has 6 rings (SSSR count). The first kappa shape index (κ1) is 23.2. The Morgan fingerprint density at radius 2 is 2.03 bits per heavy atom. The number of halogens is 1. The summed E-state index contributed by atoms with van der Waals surface area (Å²) in [6, 6.07) is 12.1. The topological polar surface area (TPSA) is 112 Å². The summed E-state index contributed by atoms with van der Waals surface area (Å²) in [5.41, 5.74) is 2.67. The van der Waals surface area contributed by atoms with Crippen LogP contribution < -0.4 is 15.5 Å². The Morgan fingerprint density at radius 1 is 1.19 bits per heavy atom. The average Bonchev–Trinajstić information content (AvgIpc) is 3.37. The van der Waals surface area contributed by atoms with Gasteiger partial charge in [0.1, 0.15) is 12.0 Å². The van der Waals surface area contributed by atoms with Crippen LogP contribution in [0.2, 0.25) is 0 Å². The number of aliphatic imine (C=N–C) groups is 1. The molecule has 10 heteroatoms. The molecule has 0 spiro atoms. The van der Waals surface area contributed by atoms with Gasteiger partial charge in [-0.25, -0.2) is 9.38 Å². The van der Waals surface area contributed by atoms with E-state index in [-0.39, 0.29) is 17.6 Å². The molecule has 1 saturated heterocycles. The molecule has 2 fully saturated rings. The van der Waals surface area contributed by atoms with E-state index in [0.29, 0.717) is 28.4 Å². The van der Waals surface area contributed by atoms with Crippen LogP contribution >= 0.6 is 0 Å². The number of carbonyl (C=O) groups is 1. The van der Waals surface area contributed by atoms with Crippen molar-refractivity contribution in [1.29, 1.82) is 5.26 Å². The van der Waals surface area contributed by atoms with Gasteiger partial charge < -0.3 is 10.6 Å². The van der Waals surface area contributed by atoms with Crippen molar-refractivity contribution in [3.05, 3.63) is 65.9 Å². The number of hydrogen-bond acceptors (Lipinski definition) is 7. The van der Waals surface area contributed by atoms with E-state index in [9.17, 15) is 14.4 Å². The molecular weight excluding hydrogens is 471 g/mol. The first-order valence-corrected chi connectivity index (χ1v) is 12.6. The Hall–Kier alpha value is -4.23. The van der Waals surface area contributed by atoms with Crippen LogP contribution in [0.15, 0.2) is 59.5 Å². The summed E-state index contributed by atoms with van der Waals surface area (Å²) >= 11 is 0. The molecule has 3 N–H and O–H groups in total. The number of nitrogens with zero attached hydrogens (tertiary/aromatic N) is 5. The number of guanidine groups is 1. The second kappa shape index (κ2) is 9.33. The summed E-state index contributed by atoms with van der Waals surface area (Å²) in [6.45, 7) is 1.92. The summed E-state index contributed by atoms with van der Waals surface area (Å²) in [5, 5.41) is 23.2. The summed E-state index contributed by atoms with van der Waals surface area (Å²) in [7, 11) is 0. The maximum absolute atomic E-state index is 14.8. The molecule has 3 aliphatic rings. The minimum atomic E-state index is -0.453. The molecule has 9 nitrogen and oxygen atoms in total. The van der Waals surface area contributed by atoms with Crippen LogP contribution in [0, 0.1) is 17.1 Å². The second-order valence-corrected chi connectivity index (χ2v) is 9.73. The highest BCUT2D eigenvalue weighted by atomic mass is 19.1. The third kappa shape index (κ3) is 4.11. The van der Waals surface area contributed by atoms with Crippen molar-refractivity contribution in [1.82, 2.24) is 20.4 Å². The predicted molar refractivity (Wildman–Crippen MR) is 139 cm³/mol. The maximum Gasteiger partial charge on any atom is 0.248 e. The van der Waals surface area contributed by atoms with E-state index in [2.05, 4.69) is 31.8 Å². The third-order valence-electron chi connectivity index (χ3n) is 7.45. The number of aromatic amines is 1. The molecule has 37 heavy (non-hydrogen) atoms. The van der Waals surface area contributed by atoms with Crippen LogP contribution in [0.1, 0.15) is 44.6 Å². The number of nitrogens with one attached hydrogen (secondary N) is 3. The highest BCUT2D eigenvalue weighted by Gasteiger charge is 2.46. The van der Waals surface area contributed by atoms with Gasteiger partial charge >= 0.3 is 0 Å². The number of fused-ring (bicyclic) bond motifs is 2. The van der Waals surface area contributed by atoms with Gasteiger partial charge in [0.2, 0.25) is 11.9 Å². The number of piperazine rings is 1. The fraction of sp³-hybridized carbons (Fsp3) is 0.333. The fourth-order valence-electron chi connectivity index (χ4n) is 5.64. The highest BCUT2D eigenvalue weighted by Crippen LogP contribution is 2.37. The van der Waals surface area contributed by atoms with Crippen molar-refractivity contribution in [3.8, 4) is 6.07 Å². The number of anilines is 2. The zero-order valence-electron chi connectivity index (χ0n) is 20.4. The van der Waals surface area contributed by atoms with E-state index < -0.39 is 18.0 Å². The van der Waals surface area contributed by atoms with Crippen molar-refractivity contribution < 1.29 is 9.18 Å². The van der Waals surface area contributed by atoms with E-state index in [1.54, 1.807) is 41.6 Å². The number of aromatic nitrogens is 2. The minimum Gasteiger partial charge on any atom is -0.331 e. The monoisotopic (exact) mass is 498 g/mol. The van der Waals surface area contributed by atoms with Gasteiger partial charge in [-0.1, -0.05) is 25.3 Å². The summed E-state index contributed by atoms with van der Waals surface area (Å²) in [5.74, 6) is -0.0982. The van der Waals surface area contributed by atoms with Crippen LogP contribution in [0.5, 0.6) is 0 Å². The lowest BCUT2D eigenvalue weighted by Crippen LogP contribution is -2.64. The van der Waals surface area contributed by atoms with E-state index in [1.165, 1.54) is 12.5 Å². The average molecular weight is 499 g/mol. The predicted octanol–water partition coefficient (Wildman–Crippen LogP) is 4.18. The molecule has 2 atom stereocenters. The number of rotatable bonds is 3. The molecule has 1 unspecified atom stereocenters. The lowest BCUT2D eigenvalue weighted by atomic mass is 9.91. The summed E-state index contributed by atoms with van der Waals surface area (Å²) < 4.78 is 14.8. The molecule has 3 aromatic rings. The van der Waals surface area contributed by atoms with E-state index in [4.69, 9.17) is 4.99 Å². The Balaban J connectivity index is 1.39. The van der Waals surface area contributed by atoms with Crippen molar-refractivity contribution in [2.24, 2.45) is 4.99 Å². The van der Waals surface area contributed by atoms with Gasteiger partial charge in [0.05, 0.1) is 46.5 Å². The van der Waals surface area contributed by atoms with Gasteiger partial charge in [0.25, 0.3) is 0 Å². The molecule has 2 aliphatic heterocycles. The number of nitriles is 1. The first-order chi connectivity index (χ1) is 18.0. The summed E-state index contributed by atoms with van der Waals surface area (Å²) in [6.07, 6.45) is 8.38. The van der Waals surface area contributed by atoms with Crippen LogP contribution in [0.3, 0.4) is 0 Å². The number of H-pyrrole nitrogens is 1. The Morgan fingerprint density at radius 3 is 2.84 bits per heavy atom. The molecule has 1 aromatic heterocycles. The van der Waals surface area contributed by atoms with E-state index >= 15 is 0 Å². The van der Waals surface area contributed by atoms with Gasteiger partial charge in [0, 0.05) is 23.7 Å². The van der Waals surface area contributed by atoms with Crippen molar-refractivity contribution in [2.75, 3.05) is 10.2 Å². The molecule has 1 saturated carbocycles. The largest absolute Gasteiger partial charge is 0.331 e. The van der Waals surface area contributed by atoms with Gasteiger partial charge in [-0.2, -0.15) is 10.4 Å². The maximum atomic E-state index is 14.8. The number of amides is 1. The van der Waals surface area contributed by atoms with Crippen molar-refractivity contribution in [2.45, 2.75) is 57.3 Å². The van der Waals surface area contributed by atoms with Crippen molar-refractivity contribution >= 4 is 34.1 Å². The zero-order chi connectivity index (χ0) is 25.5. The minimum absolute atomic E-state index is 0.0620. The van der Waals surface area contributed by atoms with Crippen LogP contribution in [0.4, 0.5) is 15.8 Å². The Kier molecular flexibility index (Phi) is 5.85. The molecule has 1 amide bonds. The third-order valence-corrected chi connectivity index (χ3v) is 7.45. The summed E-state index contributed by atoms with van der Waals surface area (Å²) in [4.78, 5) is 22.6. The lowest BCUT2D eigenvalue weighted by Gasteiger charge is -2.49. The van der Waals surface area contributed by atoms with E-state index in [1.807, 2.05) is 13.0 Å². The second-order valence-electron chi connectivity index (χ2n) is 9.73. The van der Waals surface area contributed by atoms with Gasteiger partial charge in [-0.15, -0.1) is 0 Å². The highest BCUT2D eigenvalue weighted by molar-refractivity contribution is 6.03. The SMILES string of the molecule is C[C@@H]1C(=O)N(c2cccc(C#N)c2)C2=CNC(Nc3cc4cn[nH]c4cc3F)=NC2N1C1CCCCC1. The smallest absolute Gasteiger partial charge is 0.248 e. The van der Waals surface area contributed by atoms with E-state index in [0.717, 1.165) is 31.1 Å². The molecule has 188 valence electrons. The Labute approximate surface area is 213 Å². The molecule has 1 aliphatic carbocycles. The quantitative estimate of drug-likeness (QED) is 0.499. The normalized spacial score (nSPS) is 22.6. The van der Waals surface area contributed by atoms with Gasteiger partial charge in [0.15, 0.2) is 0 Å². The van der Waals surface area contributed by atoms with Crippen LogP contribution in [-0.4, -0.2) is 45.2 Å².